The Hall–Kier alpha value is -0.530. The number of amides is 1. The van der Waals surface area contributed by atoms with Crippen LogP contribution in [0.5, 0.6) is 0 Å². The van der Waals surface area contributed by atoms with E-state index in [2.05, 4.69) is 47.1 Å². The topological polar surface area (TPSA) is 80.9 Å². The third-order valence-electron chi connectivity index (χ3n) is 2.22. The quantitative estimate of drug-likeness (QED) is 0.858. The summed E-state index contributed by atoms with van der Waals surface area (Å²) in [5.74, 6) is 0.0997. The summed E-state index contributed by atoms with van der Waals surface area (Å²) >= 11 is 6.41. The first kappa shape index (κ1) is 14.5. The predicted molar refractivity (Wildman–Crippen MR) is 73.6 cm³/mol. The van der Waals surface area contributed by atoms with Gasteiger partial charge in [0.2, 0.25) is 5.91 Å². The van der Waals surface area contributed by atoms with Crippen LogP contribution in [-0.2, 0) is 4.79 Å². The second kappa shape index (κ2) is 5.88. The van der Waals surface area contributed by atoms with Crippen molar-refractivity contribution in [1.82, 2.24) is 9.97 Å². The van der Waals surface area contributed by atoms with Crippen LogP contribution in [0.2, 0.25) is 0 Å². The predicted octanol–water partition coefficient (Wildman–Crippen LogP) is 2.46. The Morgan fingerprint density at radius 3 is 2.76 bits per heavy atom. The number of nitrogens with one attached hydrogen (secondary N) is 1. The minimum atomic E-state index is -0.900. The van der Waals surface area contributed by atoms with Crippen LogP contribution in [0.1, 0.15) is 26.7 Å². The van der Waals surface area contributed by atoms with Crippen LogP contribution in [0.25, 0.3) is 0 Å². The van der Waals surface area contributed by atoms with Gasteiger partial charge >= 0.3 is 0 Å². The molecule has 1 atom stereocenters. The van der Waals surface area contributed by atoms with Crippen molar-refractivity contribution in [2.24, 2.45) is 5.73 Å². The number of nitrogens with zero attached hydrogens (tertiary/aromatic N) is 2. The lowest BCUT2D eigenvalue weighted by atomic mass is 9.97. The Morgan fingerprint density at radius 1 is 1.59 bits per heavy atom. The minimum Gasteiger partial charge on any atom is -0.318 e. The molecule has 94 valence electrons. The van der Waals surface area contributed by atoms with Gasteiger partial charge in [-0.15, -0.1) is 0 Å². The maximum absolute atomic E-state index is 11.9. The molecule has 0 aliphatic carbocycles. The molecule has 1 unspecified atom stereocenters. The first-order valence-electron chi connectivity index (χ1n) is 5.15. The van der Waals surface area contributed by atoms with Crippen LogP contribution in [0, 0.1) is 0 Å². The van der Waals surface area contributed by atoms with Crippen molar-refractivity contribution in [3.05, 3.63) is 15.4 Å². The molecule has 0 bridgehead atoms. The Bertz CT molecular complexity index is 423. The fourth-order valence-corrected chi connectivity index (χ4v) is 2.22. The Balaban J connectivity index is 2.81. The standard InChI is InChI=1S/C10H14Br2N4O/c1-3-4-10(2,13)9(17)16-8-7(12)15-6(11)5-14-8/h5H,3-4,13H2,1-2H3,(H,14,16,17). The van der Waals surface area contributed by atoms with E-state index in [-0.39, 0.29) is 5.91 Å². The number of anilines is 1. The fraction of sp³-hybridized carbons (Fsp3) is 0.500. The Morgan fingerprint density at radius 2 is 2.24 bits per heavy atom. The van der Waals surface area contributed by atoms with E-state index in [1.165, 1.54) is 6.20 Å². The number of rotatable bonds is 4. The van der Waals surface area contributed by atoms with Crippen LogP contribution >= 0.6 is 31.9 Å². The molecule has 5 nitrogen and oxygen atoms in total. The van der Waals surface area contributed by atoms with Crippen LogP contribution in [-0.4, -0.2) is 21.4 Å². The van der Waals surface area contributed by atoms with Gasteiger partial charge in [0.15, 0.2) is 5.82 Å². The molecule has 0 aliphatic heterocycles. The Kier molecular flexibility index (Phi) is 5.03. The zero-order valence-electron chi connectivity index (χ0n) is 9.63. The Labute approximate surface area is 117 Å². The van der Waals surface area contributed by atoms with Gasteiger partial charge in [-0.3, -0.25) is 4.79 Å². The molecule has 1 amide bonds. The molecule has 17 heavy (non-hydrogen) atoms. The number of hydrogen-bond acceptors (Lipinski definition) is 4. The first-order chi connectivity index (χ1) is 7.86. The van der Waals surface area contributed by atoms with E-state index in [4.69, 9.17) is 5.73 Å². The average Bonchev–Trinajstić information content (AvgIpc) is 2.22. The van der Waals surface area contributed by atoms with Gasteiger partial charge in [-0.1, -0.05) is 13.3 Å². The summed E-state index contributed by atoms with van der Waals surface area (Å²) in [6.07, 6.45) is 2.96. The van der Waals surface area contributed by atoms with E-state index in [9.17, 15) is 4.79 Å². The summed E-state index contributed by atoms with van der Waals surface area (Å²) < 4.78 is 1.05. The third-order valence-corrected chi connectivity index (χ3v) is 3.16. The summed E-state index contributed by atoms with van der Waals surface area (Å²) in [4.78, 5) is 20.0. The normalized spacial score (nSPS) is 14.2. The third kappa shape index (κ3) is 4.01. The van der Waals surface area contributed by atoms with Gasteiger partial charge in [0, 0.05) is 0 Å². The van der Waals surface area contributed by atoms with Gasteiger partial charge in [0.05, 0.1) is 11.7 Å². The van der Waals surface area contributed by atoms with Gasteiger partial charge < -0.3 is 11.1 Å². The van der Waals surface area contributed by atoms with Gasteiger partial charge in [-0.25, -0.2) is 9.97 Å². The molecule has 0 spiro atoms. The van der Waals surface area contributed by atoms with E-state index >= 15 is 0 Å². The molecule has 1 rings (SSSR count). The summed E-state index contributed by atoms with van der Waals surface area (Å²) in [6, 6.07) is 0. The molecule has 1 aromatic rings. The summed E-state index contributed by atoms with van der Waals surface area (Å²) in [7, 11) is 0. The zero-order valence-corrected chi connectivity index (χ0v) is 12.8. The number of carbonyl (C=O) groups excluding carboxylic acids is 1. The van der Waals surface area contributed by atoms with Gasteiger partial charge in [0.25, 0.3) is 0 Å². The molecular formula is C10H14Br2N4O. The number of hydrogen-bond donors (Lipinski definition) is 2. The maximum atomic E-state index is 11.9. The van der Waals surface area contributed by atoms with E-state index < -0.39 is 5.54 Å². The molecule has 1 aromatic heterocycles. The lowest BCUT2D eigenvalue weighted by Crippen LogP contribution is -2.48. The zero-order chi connectivity index (χ0) is 13.1. The number of halogens is 2. The number of nitrogens with two attached hydrogens (primary N) is 1. The van der Waals surface area contributed by atoms with Crippen molar-refractivity contribution in [3.63, 3.8) is 0 Å². The molecule has 0 aliphatic rings. The smallest absolute Gasteiger partial charge is 0.245 e. The fourth-order valence-electron chi connectivity index (χ4n) is 1.31. The van der Waals surface area contributed by atoms with E-state index in [1.807, 2.05) is 6.92 Å². The molecule has 0 fully saturated rings. The molecule has 0 radical (unpaired) electrons. The number of carbonyl (C=O) groups is 1. The van der Waals surface area contributed by atoms with Crippen LogP contribution in [0.3, 0.4) is 0 Å². The second-order valence-electron chi connectivity index (χ2n) is 3.95. The molecule has 3 N–H and O–H groups in total. The van der Waals surface area contributed by atoms with E-state index in [1.54, 1.807) is 6.92 Å². The van der Waals surface area contributed by atoms with Crippen molar-refractivity contribution >= 4 is 43.6 Å². The molecular weight excluding hydrogens is 352 g/mol. The molecule has 0 saturated heterocycles. The largest absolute Gasteiger partial charge is 0.318 e. The van der Waals surface area contributed by atoms with Gasteiger partial charge in [-0.2, -0.15) is 0 Å². The van der Waals surface area contributed by atoms with Crippen LogP contribution in [0.4, 0.5) is 5.82 Å². The SMILES string of the molecule is CCCC(C)(N)C(=O)Nc1ncc(Br)nc1Br. The van der Waals surface area contributed by atoms with E-state index in [0.29, 0.717) is 21.4 Å². The maximum Gasteiger partial charge on any atom is 0.245 e. The summed E-state index contributed by atoms with van der Waals surface area (Å²) in [5.41, 5.74) is 5.01. The van der Waals surface area contributed by atoms with Crippen molar-refractivity contribution in [3.8, 4) is 0 Å². The highest BCUT2D eigenvalue weighted by atomic mass is 79.9. The van der Waals surface area contributed by atoms with Crippen LogP contribution < -0.4 is 11.1 Å². The van der Waals surface area contributed by atoms with Gasteiger partial charge in [-0.05, 0) is 45.2 Å². The van der Waals surface area contributed by atoms with Gasteiger partial charge in [0.1, 0.15) is 9.21 Å². The highest BCUT2D eigenvalue weighted by molar-refractivity contribution is 9.11. The minimum absolute atomic E-state index is 0.267. The first-order valence-corrected chi connectivity index (χ1v) is 6.74. The summed E-state index contributed by atoms with van der Waals surface area (Å²) in [6.45, 7) is 3.68. The lowest BCUT2D eigenvalue weighted by molar-refractivity contribution is -0.120. The monoisotopic (exact) mass is 364 g/mol. The van der Waals surface area contributed by atoms with Crippen molar-refractivity contribution < 1.29 is 4.79 Å². The second-order valence-corrected chi connectivity index (χ2v) is 5.52. The average molecular weight is 366 g/mol. The molecule has 0 saturated carbocycles. The lowest BCUT2D eigenvalue weighted by Gasteiger charge is -2.22. The highest BCUT2D eigenvalue weighted by Crippen LogP contribution is 2.21. The van der Waals surface area contributed by atoms with E-state index in [0.717, 1.165) is 6.42 Å². The molecule has 1 heterocycles. The highest BCUT2D eigenvalue weighted by Gasteiger charge is 2.28. The van der Waals surface area contributed by atoms with Crippen molar-refractivity contribution in [1.29, 1.82) is 0 Å². The number of aromatic nitrogens is 2. The summed E-state index contributed by atoms with van der Waals surface area (Å²) in [5, 5.41) is 2.66. The van der Waals surface area contributed by atoms with Crippen LogP contribution in [0.15, 0.2) is 15.4 Å². The van der Waals surface area contributed by atoms with Crippen molar-refractivity contribution in [2.45, 2.75) is 32.2 Å². The van der Waals surface area contributed by atoms with Crippen molar-refractivity contribution in [2.75, 3.05) is 5.32 Å². The molecule has 0 aromatic carbocycles. The molecule has 7 heteroatoms.